The Morgan fingerprint density at radius 1 is 1.28 bits per heavy atom. The van der Waals surface area contributed by atoms with E-state index in [9.17, 15) is 13.2 Å². The van der Waals surface area contributed by atoms with Crippen LogP contribution >= 0.6 is 23.1 Å². The zero-order valence-corrected chi connectivity index (χ0v) is 16.3. The molecule has 0 radical (unpaired) electrons. The summed E-state index contributed by atoms with van der Waals surface area (Å²) in [6.45, 7) is 1.95. The molecule has 6 nitrogen and oxygen atoms in total. The van der Waals surface area contributed by atoms with Crippen molar-refractivity contribution in [3.05, 3.63) is 40.1 Å². The maximum absolute atomic E-state index is 12.2. The number of benzene rings is 1. The van der Waals surface area contributed by atoms with E-state index in [1.165, 1.54) is 49.3 Å². The summed E-state index contributed by atoms with van der Waals surface area (Å²) in [5, 5.41) is 0.344. The standard InChI is InChI=1S/C16H16N2O4S3/c1-10-4-7-15(24-10)13(19)9-23-16-17-12-8-11(5-6-14(12)22-16)25(20,21)18(2)3/h4-8H,9H2,1-3H3. The van der Waals surface area contributed by atoms with E-state index >= 15 is 0 Å². The van der Waals surface area contributed by atoms with Gasteiger partial charge in [0.2, 0.25) is 10.0 Å². The van der Waals surface area contributed by atoms with Gasteiger partial charge in [-0.3, -0.25) is 4.79 Å². The Hall–Kier alpha value is -1.68. The maximum Gasteiger partial charge on any atom is 0.257 e. The first-order valence-electron chi connectivity index (χ1n) is 7.33. The van der Waals surface area contributed by atoms with Crippen molar-refractivity contribution >= 4 is 50.0 Å². The van der Waals surface area contributed by atoms with Crippen LogP contribution in [0, 0.1) is 6.92 Å². The molecule has 2 heterocycles. The second kappa shape index (κ2) is 6.91. The number of aromatic nitrogens is 1. The number of thioether (sulfide) groups is 1. The zero-order chi connectivity index (χ0) is 18.2. The maximum atomic E-state index is 12.2. The summed E-state index contributed by atoms with van der Waals surface area (Å²) in [6, 6.07) is 8.26. The third kappa shape index (κ3) is 3.79. The quantitative estimate of drug-likeness (QED) is 0.469. The van der Waals surface area contributed by atoms with Crippen molar-refractivity contribution < 1.29 is 17.6 Å². The van der Waals surface area contributed by atoms with E-state index < -0.39 is 10.0 Å². The number of sulfonamides is 1. The highest BCUT2D eigenvalue weighted by Crippen LogP contribution is 2.27. The first-order valence-corrected chi connectivity index (χ1v) is 10.6. The Morgan fingerprint density at radius 2 is 2.04 bits per heavy atom. The highest BCUT2D eigenvalue weighted by atomic mass is 32.2. The number of fused-ring (bicyclic) bond motifs is 1. The van der Waals surface area contributed by atoms with Crippen molar-refractivity contribution in [1.29, 1.82) is 0 Å². The van der Waals surface area contributed by atoms with Crippen molar-refractivity contribution in [2.45, 2.75) is 17.0 Å². The molecule has 0 aliphatic rings. The van der Waals surface area contributed by atoms with Crippen molar-refractivity contribution in [3.63, 3.8) is 0 Å². The van der Waals surface area contributed by atoms with E-state index in [4.69, 9.17) is 4.42 Å². The Kier molecular flexibility index (Phi) is 5.01. The number of thiophene rings is 1. The molecule has 0 bridgehead atoms. The summed E-state index contributed by atoms with van der Waals surface area (Å²) in [5.41, 5.74) is 0.935. The summed E-state index contributed by atoms with van der Waals surface area (Å²) in [5.74, 6) is 0.233. The molecule has 1 aromatic carbocycles. The topological polar surface area (TPSA) is 80.5 Å². The van der Waals surface area contributed by atoms with Crippen LogP contribution in [0.5, 0.6) is 0 Å². The molecule has 25 heavy (non-hydrogen) atoms. The fourth-order valence-electron chi connectivity index (χ4n) is 2.10. The average molecular weight is 397 g/mol. The summed E-state index contributed by atoms with van der Waals surface area (Å²) < 4.78 is 31.1. The Labute approximate surface area is 153 Å². The number of hydrogen-bond donors (Lipinski definition) is 0. The normalized spacial score (nSPS) is 12.2. The van der Waals surface area contributed by atoms with Crippen LogP contribution in [0.25, 0.3) is 11.1 Å². The van der Waals surface area contributed by atoms with Crippen molar-refractivity contribution in [2.24, 2.45) is 0 Å². The number of carbonyl (C=O) groups excluding carboxylic acids is 1. The largest absolute Gasteiger partial charge is 0.431 e. The van der Waals surface area contributed by atoms with Gasteiger partial charge in [0.1, 0.15) is 5.52 Å². The Balaban J connectivity index is 1.78. The number of Topliss-reactive ketones (excluding diaryl/α,β-unsaturated/α-hetero) is 1. The van der Waals surface area contributed by atoms with Crippen LogP contribution in [-0.4, -0.2) is 43.3 Å². The van der Waals surface area contributed by atoms with Gasteiger partial charge in [0.05, 0.1) is 15.5 Å². The van der Waals surface area contributed by atoms with Crippen LogP contribution < -0.4 is 0 Å². The molecule has 132 valence electrons. The summed E-state index contributed by atoms with van der Waals surface area (Å²) in [7, 11) is -0.579. The van der Waals surface area contributed by atoms with E-state index in [0.717, 1.165) is 9.18 Å². The smallest absolute Gasteiger partial charge is 0.257 e. The lowest BCUT2D eigenvalue weighted by atomic mass is 10.3. The van der Waals surface area contributed by atoms with Crippen LogP contribution in [0.4, 0.5) is 0 Å². The van der Waals surface area contributed by atoms with Crippen molar-refractivity contribution in [2.75, 3.05) is 19.8 Å². The van der Waals surface area contributed by atoms with Gasteiger partial charge in [-0.1, -0.05) is 11.8 Å². The second-order valence-electron chi connectivity index (χ2n) is 5.52. The van der Waals surface area contributed by atoms with Gasteiger partial charge >= 0.3 is 0 Å². The number of nitrogens with zero attached hydrogens (tertiary/aromatic N) is 2. The van der Waals surface area contributed by atoms with E-state index in [1.807, 2.05) is 19.1 Å². The van der Waals surface area contributed by atoms with Gasteiger partial charge in [-0.25, -0.2) is 17.7 Å². The number of oxazole rings is 1. The highest BCUT2D eigenvalue weighted by Gasteiger charge is 2.19. The molecule has 0 saturated heterocycles. The summed E-state index contributed by atoms with van der Waals surface area (Å²) in [4.78, 5) is 18.4. The van der Waals surface area contributed by atoms with E-state index in [0.29, 0.717) is 21.2 Å². The van der Waals surface area contributed by atoms with Crippen LogP contribution in [0.3, 0.4) is 0 Å². The summed E-state index contributed by atoms with van der Waals surface area (Å²) in [6.07, 6.45) is 0. The molecule has 0 spiro atoms. The van der Waals surface area contributed by atoms with Gasteiger partial charge in [-0.15, -0.1) is 11.3 Å². The van der Waals surface area contributed by atoms with E-state index in [2.05, 4.69) is 4.98 Å². The number of ketones is 1. The van der Waals surface area contributed by atoms with Crippen molar-refractivity contribution in [1.82, 2.24) is 9.29 Å². The average Bonchev–Trinajstić information content (AvgIpc) is 3.17. The predicted molar refractivity (Wildman–Crippen MR) is 99.0 cm³/mol. The molecule has 0 N–H and O–H groups in total. The lowest BCUT2D eigenvalue weighted by Gasteiger charge is -2.10. The Bertz CT molecular complexity index is 1030. The molecule has 0 aliphatic carbocycles. The fourth-order valence-corrected chi connectivity index (χ4v) is 4.64. The Morgan fingerprint density at radius 3 is 2.68 bits per heavy atom. The molecular weight excluding hydrogens is 380 g/mol. The third-order valence-electron chi connectivity index (χ3n) is 3.46. The van der Waals surface area contributed by atoms with Crippen LogP contribution in [0.15, 0.2) is 44.9 Å². The monoisotopic (exact) mass is 396 g/mol. The zero-order valence-electron chi connectivity index (χ0n) is 13.8. The molecule has 0 saturated carbocycles. The number of hydrogen-bond acceptors (Lipinski definition) is 7. The molecule has 0 unspecified atom stereocenters. The molecular formula is C16H16N2O4S3. The van der Waals surface area contributed by atoms with Crippen LogP contribution in [0.1, 0.15) is 14.5 Å². The van der Waals surface area contributed by atoms with Gasteiger partial charge in [0.25, 0.3) is 5.22 Å². The van der Waals surface area contributed by atoms with Gasteiger partial charge in [-0.2, -0.15) is 0 Å². The lowest BCUT2D eigenvalue weighted by Crippen LogP contribution is -2.22. The minimum absolute atomic E-state index is 0.0150. The van der Waals surface area contributed by atoms with Crippen LogP contribution in [-0.2, 0) is 10.0 Å². The SMILES string of the molecule is Cc1ccc(C(=O)CSc2nc3cc(S(=O)(=O)N(C)C)ccc3o2)s1. The van der Waals surface area contributed by atoms with Crippen molar-refractivity contribution in [3.8, 4) is 0 Å². The minimum Gasteiger partial charge on any atom is -0.431 e. The first kappa shape index (κ1) is 18.1. The van der Waals surface area contributed by atoms with E-state index in [1.54, 1.807) is 6.07 Å². The molecule has 0 atom stereocenters. The first-order chi connectivity index (χ1) is 11.8. The number of aryl methyl sites for hydroxylation is 1. The third-order valence-corrected chi connectivity index (χ3v) is 7.14. The number of rotatable bonds is 6. The van der Waals surface area contributed by atoms with E-state index in [-0.39, 0.29) is 16.4 Å². The predicted octanol–water partition coefficient (Wildman–Crippen LogP) is 3.42. The van der Waals surface area contributed by atoms with Crippen LogP contribution in [0.2, 0.25) is 0 Å². The summed E-state index contributed by atoms with van der Waals surface area (Å²) >= 11 is 2.66. The van der Waals surface area contributed by atoms with Gasteiger partial charge in [0.15, 0.2) is 11.4 Å². The molecule has 0 amide bonds. The number of carbonyl (C=O) groups is 1. The lowest BCUT2D eigenvalue weighted by molar-refractivity contribution is 0.102. The van der Waals surface area contributed by atoms with Gasteiger partial charge < -0.3 is 4.42 Å². The fraction of sp³-hybridized carbons (Fsp3) is 0.250. The molecule has 0 fully saturated rings. The molecule has 0 aliphatic heterocycles. The second-order valence-corrected chi connectivity index (χ2v) is 9.89. The molecule has 2 aromatic heterocycles. The molecule has 3 rings (SSSR count). The van der Waals surface area contributed by atoms with Gasteiger partial charge in [-0.05, 0) is 37.3 Å². The molecule has 3 aromatic rings. The minimum atomic E-state index is -3.53. The molecule has 9 heteroatoms. The highest BCUT2D eigenvalue weighted by molar-refractivity contribution is 7.99. The van der Waals surface area contributed by atoms with Gasteiger partial charge in [0, 0.05) is 19.0 Å².